The van der Waals surface area contributed by atoms with Gasteiger partial charge in [0.05, 0.1) is 13.2 Å². The molecule has 1 saturated carbocycles. The molecule has 10 heteroatoms. The number of pyridine rings is 1. The number of nitrogens with one attached hydrogen (secondary N) is 3. The number of amides is 1. The monoisotopic (exact) mass is 441 g/mol. The molecule has 0 unspecified atom stereocenters. The lowest BCUT2D eigenvalue weighted by atomic mass is 10.0. The Kier molecular flexibility index (Phi) is 5.12. The zero-order valence-electron chi connectivity index (χ0n) is 16.8. The van der Waals surface area contributed by atoms with Crippen LogP contribution >= 0.6 is 0 Å². The Morgan fingerprint density at radius 1 is 1.13 bits per heavy atom. The Labute approximate surface area is 180 Å². The Morgan fingerprint density at radius 3 is 2.58 bits per heavy atom. The van der Waals surface area contributed by atoms with E-state index >= 15 is 0 Å². The summed E-state index contributed by atoms with van der Waals surface area (Å²) in [6.45, 7) is 1.47. The van der Waals surface area contributed by atoms with E-state index in [1.165, 1.54) is 4.31 Å². The van der Waals surface area contributed by atoms with E-state index in [0.29, 0.717) is 43.5 Å². The SMILES string of the molecule is O=C(Nc1cc(-c2ccc(NS(=O)(=O)N3CCOCC3)cc2)c2cc[nH]c2n1)C1CC1. The van der Waals surface area contributed by atoms with Gasteiger partial charge >= 0.3 is 10.2 Å². The van der Waals surface area contributed by atoms with Crippen molar-refractivity contribution in [1.29, 1.82) is 0 Å². The summed E-state index contributed by atoms with van der Waals surface area (Å²) in [5.74, 6) is 0.583. The zero-order chi connectivity index (χ0) is 21.4. The second-order valence-electron chi connectivity index (χ2n) is 7.75. The first-order chi connectivity index (χ1) is 15.0. The second kappa shape index (κ2) is 7.95. The molecule has 1 saturated heterocycles. The van der Waals surface area contributed by atoms with E-state index in [2.05, 4.69) is 20.0 Å². The van der Waals surface area contributed by atoms with Crippen LogP contribution in [0.4, 0.5) is 11.5 Å². The van der Waals surface area contributed by atoms with Crippen LogP contribution in [-0.4, -0.2) is 54.9 Å². The summed E-state index contributed by atoms with van der Waals surface area (Å²) < 4.78 is 34.4. The van der Waals surface area contributed by atoms with Crippen LogP contribution in [-0.2, 0) is 19.7 Å². The minimum Gasteiger partial charge on any atom is -0.379 e. The predicted octanol–water partition coefficient (Wildman–Crippen LogP) is 2.57. The molecule has 1 aliphatic heterocycles. The highest BCUT2D eigenvalue weighted by Gasteiger charge is 2.30. The standard InChI is InChI=1S/C21H23N5O4S/c27-21(15-1-2-15)24-19-13-18(17-7-8-22-20(17)23-19)14-3-5-16(6-4-14)25-31(28,29)26-9-11-30-12-10-26/h3-8,13,15,25H,1-2,9-12H2,(H2,22,23,24,27). The fraction of sp³-hybridized carbons (Fsp3) is 0.333. The molecule has 3 N–H and O–H groups in total. The molecule has 2 aliphatic rings. The van der Waals surface area contributed by atoms with Crippen LogP contribution in [0.1, 0.15) is 12.8 Å². The van der Waals surface area contributed by atoms with Crippen LogP contribution in [0.25, 0.3) is 22.2 Å². The van der Waals surface area contributed by atoms with Crippen LogP contribution in [0.5, 0.6) is 0 Å². The molecule has 0 radical (unpaired) electrons. The molecular formula is C21H23N5O4S. The smallest absolute Gasteiger partial charge is 0.301 e. The number of rotatable bonds is 6. The topological polar surface area (TPSA) is 116 Å². The van der Waals surface area contributed by atoms with E-state index < -0.39 is 10.2 Å². The summed E-state index contributed by atoms with van der Waals surface area (Å²) in [4.78, 5) is 19.8. The molecule has 5 rings (SSSR count). The van der Waals surface area contributed by atoms with Crippen molar-refractivity contribution < 1.29 is 17.9 Å². The summed E-state index contributed by atoms with van der Waals surface area (Å²) in [5, 5.41) is 3.82. The number of carbonyl (C=O) groups is 1. The van der Waals surface area contributed by atoms with E-state index in [0.717, 1.165) is 29.4 Å². The fourth-order valence-electron chi connectivity index (χ4n) is 3.63. The highest BCUT2D eigenvalue weighted by Crippen LogP contribution is 2.33. The maximum absolute atomic E-state index is 12.6. The molecule has 1 amide bonds. The molecule has 31 heavy (non-hydrogen) atoms. The third-order valence-electron chi connectivity index (χ3n) is 5.48. The lowest BCUT2D eigenvalue weighted by molar-refractivity contribution is -0.117. The van der Waals surface area contributed by atoms with Gasteiger partial charge in [-0.15, -0.1) is 0 Å². The number of H-pyrrole nitrogens is 1. The lowest BCUT2D eigenvalue weighted by Gasteiger charge is -2.26. The summed E-state index contributed by atoms with van der Waals surface area (Å²) in [6, 6.07) is 10.9. The van der Waals surface area contributed by atoms with Crippen molar-refractivity contribution in [1.82, 2.24) is 14.3 Å². The minimum absolute atomic E-state index is 0.00257. The van der Waals surface area contributed by atoms with Crippen LogP contribution in [0.3, 0.4) is 0 Å². The highest BCUT2D eigenvalue weighted by atomic mass is 32.2. The molecule has 2 aromatic heterocycles. The number of anilines is 2. The Balaban J connectivity index is 1.40. The van der Waals surface area contributed by atoms with Gasteiger partial charge in [0.15, 0.2) is 0 Å². The first-order valence-corrected chi connectivity index (χ1v) is 11.7. The molecule has 162 valence electrons. The third-order valence-corrected chi connectivity index (χ3v) is 7.02. The number of aromatic amines is 1. The molecule has 2 fully saturated rings. The average Bonchev–Trinajstić information content (AvgIpc) is 3.52. The summed E-state index contributed by atoms with van der Waals surface area (Å²) in [6.07, 6.45) is 3.65. The maximum Gasteiger partial charge on any atom is 0.301 e. The van der Waals surface area contributed by atoms with Crippen LogP contribution in [0.15, 0.2) is 42.6 Å². The summed E-state index contributed by atoms with van der Waals surface area (Å²) >= 11 is 0. The van der Waals surface area contributed by atoms with Crippen LogP contribution in [0, 0.1) is 5.92 Å². The Hall–Kier alpha value is -2.95. The Bertz CT molecular complexity index is 1210. The van der Waals surface area contributed by atoms with Gasteiger partial charge in [-0.1, -0.05) is 12.1 Å². The van der Waals surface area contributed by atoms with E-state index in [1.54, 1.807) is 18.3 Å². The number of aromatic nitrogens is 2. The van der Waals surface area contributed by atoms with Gasteiger partial charge in [0.2, 0.25) is 5.91 Å². The normalized spacial score (nSPS) is 17.5. The minimum atomic E-state index is -3.62. The average molecular weight is 442 g/mol. The largest absolute Gasteiger partial charge is 0.379 e. The van der Waals surface area contributed by atoms with Gasteiger partial charge in [0.1, 0.15) is 11.5 Å². The summed E-state index contributed by atoms with van der Waals surface area (Å²) in [7, 11) is -3.62. The number of morpholine rings is 1. The molecule has 1 aromatic carbocycles. The number of hydrogen-bond acceptors (Lipinski definition) is 5. The van der Waals surface area contributed by atoms with Crippen molar-refractivity contribution in [3.63, 3.8) is 0 Å². The molecule has 9 nitrogen and oxygen atoms in total. The molecule has 1 aliphatic carbocycles. The number of benzene rings is 1. The van der Waals surface area contributed by atoms with E-state index in [9.17, 15) is 13.2 Å². The first kappa shape index (κ1) is 20.0. The third kappa shape index (κ3) is 4.27. The fourth-order valence-corrected chi connectivity index (χ4v) is 4.83. The molecule has 0 bridgehead atoms. The van der Waals surface area contributed by atoms with Crippen molar-refractivity contribution in [3.8, 4) is 11.1 Å². The number of carbonyl (C=O) groups excluding carboxylic acids is 1. The van der Waals surface area contributed by atoms with Crippen LogP contribution < -0.4 is 10.0 Å². The quantitative estimate of drug-likeness (QED) is 0.544. The molecule has 3 aromatic rings. The van der Waals surface area contributed by atoms with Gasteiger partial charge in [0.25, 0.3) is 0 Å². The van der Waals surface area contributed by atoms with Crippen molar-refractivity contribution in [2.45, 2.75) is 12.8 Å². The highest BCUT2D eigenvalue weighted by molar-refractivity contribution is 7.90. The number of fused-ring (bicyclic) bond motifs is 1. The van der Waals surface area contributed by atoms with Gasteiger partial charge in [0, 0.05) is 36.3 Å². The molecule has 3 heterocycles. The van der Waals surface area contributed by atoms with Crippen molar-refractivity contribution in [3.05, 3.63) is 42.6 Å². The summed E-state index contributed by atoms with van der Waals surface area (Å²) in [5.41, 5.74) is 2.96. The second-order valence-corrected chi connectivity index (χ2v) is 9.43. The van der Waals surface area contributed by atoms with Crippen molar-refractivity contribution in [2.24, 2.45) is 5.92 Å². The van der Waals surface area contributed by atoms with Crippen molar-refractivity contribution in [2.75, 3.05) is 36.3 Å². The van der Waals surface area contributed by atoms with Gasteiger partial charge in [-0.05, 0) is 48.2 Å². The first-order valence-electron chi connectivity index (χ1n) is 10.2. The van der Waals surface area contributed by atoms with E-state index in [1.807, 2.05) is 24.3 Å². The number of nitrogens with zero attached hydrogens (tertiary/aromatic N) is 2. The van der Waals surface area contributed by atoms with Gasteiger partial charge in [-0.3, -0.25) is 9.52 Å². The van der Waals surface area contributed by atoms with E-state index in [-0.39, 0.29) is 11.8 Å². The van der Waals surface area contributed by atoms with Gasteiger partial charge < -0.3 is 15.0 Å². The predicted molar refractivity (Wildman–Crippen MR) is 118 cm³/mol. The number of hydrogen-bond donors (Lipinski definition) is 3. The van der Waals surface area contributed by atoms with E-state index in [4.69, 9.17) is 4.74 Å². The van der Waals surface area contributed by atoms with Gasteiger partial charge in [-0.2, -0.15) is 12.7 Å². The Morgan fingerprint density at radius 2 is 1.87 bits per heavy atom. The molecule has 0 spiro atoms. The maximum atomic E-state index is 12.6. The van der Waals surface area contributed by atoms with Crippen molar-refractivity contribution >= 4 is 38.7 Å². The lowest BCUT2D eigenvalue weighted by Crippen LogP contribution is -2.43. The molecular weight excluding hydrogens is 418 g/mol. The van der Waals surface area contributed by atoms with Crippen LogP contribution in [0.2, 0.25) is 0 Å². The zero-order valence-corrected chi connectivity index (χ0v) is 17.6. The molecule has 0 atom stereocenters. The number of ether oxygens (including phenoxy) is 1. The van der Waals surface area contributed by atoms with Gasteiger partial charge in [-0.25, -0.2) is 4.98 Å².